The number of nitrogens with two attached hydrogens (primary N) is 1. The Morgan fingerprint density at radius 1 is 1.20 bits per heavy atom. The van der Waals surface area contributed by atoms with Crippen LogP contribution in [-0.4, -0.2) is 68.1 Å². The fraction of sp³-hybridized carbons (Fsp3) is 0.800. The molecule has 1 fully saturated rings. The maximum absolute atomic E-state index is 5.76. The van der Waals surface area contributed by atoms with Crippen molar-refractivity contribution in [1.82, 2.24) is 15.1 Å². The van der Waals surface area contributed by atoms with Gasteiger partial charge in [-0.3, -0.25) is 0 Å². The highest BCUT2D eigenvalue weighted by molar-refractivity contribution is 5.77. The molecule has 0 aromatic rings. The topological polar surface area (TPSA) is 56.9 Å². The third kappa shape index (κ3) is 7.50. The number of unbranched alkanes of at least 4 members (excludes halogenated alkanes) is 1. The minimum atomic E-state index is 0.532. The molecule has 3 N–H and O–H groups in total. The van der Waals surface area contributed by atoms with E-state index in [0.717, 1.165) is 18.5 Å². The average molecular weight is 281 g/mol. The Labute approximate surface area is 123 Å². The van der Waals surface area contributed by atoms with Gasteiger partial charge in [-0.05, 0) is 32.9 Å². The summed E-state index contributed by atoms with van der Waals surface area (Å²) >= 11 is 0. The molecule has 1 aliphatic rings. The van der Waals surface area contributed by atoms with E-state index in [4.69, 9.17) is 5.73 Å². The fourth-order valence-corrected chi connectivity index (χ4v) is 2.28. The summed E-state index contributed by atoms with van der Waals surface area (Å²) < 4.78 is 0. The van der Waals surface area contributed by atoms with Crippen LogP contribution in [0.1, 0.15) is 26.7 Å². The Morgan fingerprint density at radius 2 is 1.85 bits per heavy atom. The normalized spacial score (nSPS) is 18.2. The lowest BCUT2D eigenvalue weighted by molar-refractivity contribution is 0.136. The second-order valence-electron chi connectivity index (χ2n) is 5.57. The van der Waals surface area contributed by atoms with E-state index in [1.807, 2.05) is 6.92 Å². The van der Waals surface area contributed by atoms with Crippen LogP contribution in [0.3, 0.4) is 0 Å². The lowest BCUT2D eigenvalue weighted by Crippen LogP contribution is -2.46. The number of hydrogen-bond donors (Lipinski definition) is 2. The zero-order chi connectivity index (χ0) is 14.8. The standard InChI is InChI=1S/C15H31N5/c1-4-19-9-11-20(12-10-19)8-6-5-7-17-15(16)18-13-14(2)3/h2,4-13H2,1,3H3,(H3,16,17,18). The number of likely N-dealkylation sites (N-methyl/N-ethyl adjacent to an activating group) is 1. The van der Waals surface area contributed by atoms with Gasteiger partial charge in [0.1, 0.15) is 0 Å². The van der Waals surface area contributed by atoms with E-state index in [9.17, 15) is 0 Å². The van der Waals surface area contributed by atoms with E-state index in [0.29, 0.717) is 12.5 Å². The second kappa shape index (κ2) is 9.77. The van der Waals surface area contributed by atoms with Crippen molar-refractivity contribution in [2.75, 3.05) is 52.4 Å². The lowest BCUT2D eigenvalue weighted by Gasteiger charge is -2.33. The molecule has 1 heterocycles. The molecular weight excluding hydrogens is 250 g/mol. The quantitative estimate of drug-likeness (QED) is 0.300. The molecule has 0 atom stereocenters. The molecule has 0 aromatic carbocycles. The summed E-state index contributed by atoms with van der Waals surface area (Å²) in [6, 6.07) is 0. The molecule has 0 unspecified atom stereocenters. The molecular formula is C15H31N5. The first kappa shape index (κ1) is 17.0. The molecule has 5 nitrogen and oxygen atoms in total. The third-order valence-corrected chi connectivity index (χ3v) is 3.64. The molecule has 0 aliphatic carbocycles. The lowest BCUT2D eigenvalue weighted by atomic mass is 10.2. The Bertz CT molecular complexity index is 305. The van der Waals surface area contributed by atoms with E-state index in [2.05, 4.69) is 33.6 Å². The van der Waals surface area contributed by atoms with Gasteiger partial charge in [0.2, 0.25) is 0 Å². The zero-order valence-corrected chi connectivity index (χ0v) is 13.2. The van der Waals surface area contributed by atoms with Crippen molar-refractivity contribution in [2.45, 2.75) is 26.7 Å². The highest BCUT2D eigenvalue weighted by atomic mass is 15.3. The minimum absolute atomic E-state index is 0.532. The first-order valence-electron chi connectivity index (χ1n) is 7.74. The SMILES string of the molecule is C=C(C)CN=C(N)NCCCCN1CCN(CC)CC1. The van der Waals surface area contributed by atoms with Gasteiger partial charge in [-0.25, -0.2) is 4.99 Å². The van der Waals surface area contributed by atoms with Crippen molar-refractivity contribution in [3.05, 3.63) is 12.2 Å². The van der Waals surface area contributed by atoms with E-state index >= 15 is 0 Å². The van der Waals surface area contributed by atoms with Crippen molar-refractivity contribution in [3.8, 4) is 0 Å². The van der Waals surface area contributed by atoms with Crippen LogP contribution in [0, 0.1) is 0 Å². The van der Waals surface area contributed by atoms with Crippen LogP contribution in [0.2, 0.25) is 0 Å². The molecule has 1 rings (SSSR count). The largest absolute Gasteiger partial charge is 0.370 e. The summed E-state index contributed by atoms with van der Waals surface area (Å²) in [6.07, 6.45) is 2.35. The highest BCUT2D eigenvalue weighted by Crippen LogP contribution is 2.02. The van der Waals surface area contributed by atoms with Crippen molar-refractivity contribution in [2.24, 2.45) is 10.7 Å². The maximum Gasteiger partial charge on any atom is 0.188 e. The number of aliphatic imine (C=N–C) groups is 1. The van der Waals surface area contributed by atoms with Crippen LogP contribution < -0.4 is 11.1 Å². The molecule has 116 valence electrons. The summed E-state index contributed by atoms with van der Waals surface area (Å²) in [5.74, 6) is 0.532. The molecule has 0 bridgehead atoms. The molecule has 0 saturated carbocycles. The van der Waals surface area contributed by atoms with E-state index in [1.54, 1.807) is 0 Å². The van der Waals surface area contributed by atoms with Crippen LogP contribution in [0.5, 0.6) is 0 Å². The predicted octanol–water partition coefficient (Wildman–Crippen LogP) is 0.885. The van der Waals surface area contributed by atoms with Crippen molar-refractivity contribution < 1.29 is 0 Å². The van der Waals surface area contributed by atoms with Crippen molar-refractivity contribution in [3.63, 3.8) is 0 Å². The number of hydrogen-bond acceptors (Lipinski definition) is 3. The first-order valence-corrected chi connectivity index (χ1v) is 7.74. The van der Waals surface area contributed by atoms with Crippen molar-refractivity contribution >= 4 is 5.96 Å². The van der Waals surface area contributed by atoms with Gasteiger partial charge in [-0.15, -0.1) is 0 Å². The third-order valence-electron chi connectivity index (χ3n) is 3.64. The molecule has 0 amide bonds. The number of guanidine groups is 1. The molecule has 5 heteroatoms. The predicted molar refractivity (Wildman–Crippen MR) is 87.1 cm³/mol. The van der Waals surface area contributed by atoms with Crippen LogP contribution >= 0.6 is 0 Å². The molecule has 0 radical (unpaired) electrons. The molecule has 20 heavy (non-hydrogen) atoms. The van der Waals surface area contributed by atoms with Gasteiger partial charge in [0.25, 0.3) is 0 Å². The Balaban J connectivity index is 2.00. The molecule has 1 saturated heterocycles. The van der Waals surface area contributed by atoms with Crippen molar-refractivity contribution in [1.29, 1.82) is 0 Å². The smallest absolute Gasteiger partial charge is 0.188 e. The summed E-state index contributed by atoms with van der Waals surface area (Å²) in [7, 11) is 0. The van der Waals surface area contributed by atoms with Crippen LogP contribution in [0.25, 0.3) is 0 Å². The van der Waals surface area contributed by atoms with Gasteiger partial charge in [-0.2, -0.15) is 0 Å². The fourth-order valence-electron chi connectivity index (χ4n) is 2.28. The Hall–Kier alpha value is -1.07. The summed E-state index contributed by atoms with van der Waals surface area (Å²) in [5, 5.41) is 3.15. The Kier molecular flexibility index (Phi) is 8.30. The summed E-state index contributed by atoms with van der Waals surface area (Å²) in [4.78, 5) is 9.27. The van der Waals surface area contributed by atoms with E-state index in [1.165, 1.54) is 45.7 Å². The van der Waals surface area contributed by atoms with Gasteiger partial charge >= 0.3 is 0 Å². The summed E-state index contributed by atoms with van der Waals surface area (Å²) in [5.41, 5.74) is 6.79. The molecule has 0 aromatic heterocycles. The molecule has 1 aliphatic heterocycles. The Morgan fingerprint density at radius 3 is 2.45 bits per heavy atom. The minimum Gasteiger partial charge on any atom is -0.370 e. The first-order chi connectivity index (χ1) is 9.61. The highest BCUT2D eigenvalue weighted by Gasteiger charge is 2.14. The average Bonchev–Trinajstić information content (AvgIpc) is 2.45. The van der Waals surface area contributed by atoms with Gasteiger partial charge < -0.3 is 20.9 Å². The van der Waals surface area contributed by atoms with Gasteiger partial charge in [0.05, 0.1) is 6.54 Å². The number of nitrogens with one attached hydrogen (secondary N) is 1. The number of rotatable bonds is 8. The molecule has 0 spiro atoms. The van der Waals surface area contributed by atoms with Crippen LogP contribution in [-0.2, 0) is 0 Å². The second-order valence-corrected chi connectivity index (χ2v) is 5.57. The van der Waals surface area contributed by atoms with E-state index < -0.39 is 0 Å². The maximum atomic E-state index is 5.76. The van der Waals surface area contributed by atoms with Gasteiger partial charge in [0.15, 0.2) is 5.96 Å². The number of piperazine rings is 1. The monoisotopic (exact) mass is 281 g/mol. The van der Waals surface area contributed by atoms with Crippen LogP contribution in [0.15, 0.2) is 17.1 Å². The van der Waals surface area contributed by atoms with E-state index in [-0.39, 0.29) is 0 Å². The summed E-state index contributed by atoms with van der Waals surface area (Å²) in [6.45, 7) is 16.7. The van der Waals surface area contributed by atoms with Crippen LogP contribution in [0.4, 0.5) is 0 Å². The number of nitrogens with zero attached hydrogens (tertiary/aromatic N) is 3. The van der Waals surface area contributed by atoms with Gasteiger partial charge in [-0.1, -0.05) is 19.1 Å². The van der Waals surface area contributed by atoms with Gasteiger partial charge in [0, 0.05) is 32.7 Å². The zero-order valence-electron chi connectivity index (χ0n) is 13.2.